The second kappa shape index (κ2) is 7.82. The van der Waals surface area contributed by atoms with Crippen molar-refractivity contribution >= 4 is 11.6 Å². The summed E-state index contributed by atoms with van der Waals surface area (Å²) < 4.78 is 13.0. The molecule has 3 nitrogen and oxygen atoms in total. The predicted molar refractivity (Wildman–Crippen MR) is 72.1 cm³/mol. The summed E-state index contributed by atoms with van der Waals surface area (Å²) in [5, 5.41) is 2.71. The number of carbonyl (C=O) groups excluding carboxylic acids is 1. The normalized spacial score (nSPS) is 10.7. The maximum absolute atomic E-state index is 13.0. The minimum Gasteiger partial charge on any atom is -0.325 e. The van der Waals surface area contributed by atoms with Gasteiger partial charge in [-0.3, -0.25) is 9.69 Å². The van der Waals surface area contributed by atoms with E-state index in [9.17, 15) is 9.18 Å². The van der Waals surface area contributed by atoms with Crippen molar-refractivity contribution in [3.05, 3.63) is 30.1 Å². The lowest BCUT2D eigenvalue weighted by atomic mass is 10.3. The second-order valence-electron chi connectivity index (χ2n) is 4.33. The van der Waals surface area contributed by atoms with Crippen LogP contribution >= 0.6 is 0 Å². The first-order valence-corrected chi connectivity index (χ1v) is 6.43. The lowest BCUT2D eigenvalue weighted by Crippen LogP contribution is -2.34. The van der Waals surface area contributed by atoms with E-state index >= 15 is 0 Å². The molecule has 0 unspecified atom stereocenters. The van der Waals surface area contributed by atoms with Gasteiger partial charge in [-0.05, 0) is 44.1 Å². The zero-order chi connectivity index (χ0) is 13.4. The molecule has 1 aromatic rings. The Balaban J connectivity index is 2.49. The number of rotatable bonds is 7. The summed E-state index contributed by atoms with van der Waals surface area (Å²) in [5.74, 6) is -0.436. The molecule has 1 N–H and O–H groups in total. The average Bonchev–Trinajstić information content (AvgIpc) is 2.29. The number of hydrogen-bond donors (Lipinski definition) is 1. The Morgan fingerprint density at radius 3 is 2.50 bits per heavy atom. The number of amides is 1. The van der Waals surface area contributed by atoms with Gasteiger partial charge >= 0.3 is 0 Å². The van der Waals surface area contributed by atoms with E-state index in [0.29, 0.717) is 12.2 Å². The van der Waals surface area contributed by atoms with Gasteiger partial charge in [-0.15, -0.1) is 0 Å². The number of nitrogens with one attached hydrogen (secondary N) is 1. The Morgan fingerprint density at radius 1 is 1.28 bits per heavy atom. The molecule has 1 rings (SSSR count). The van der Waals surface area contributed by atoms with Crippen molar-refractivity contribution < 1.29 is 9.18 Å². The Bertz CT molecular complexity index is 376. The lowest BCUT2D eigenvalue weighted by Gasteiger charge is -2.20. The van der Waals surface area contributed by atoms with Gasteiger partial charge in [0.15, 0.2) is 0 Å². The summed E-state index contributed by atoms with van der Waals surface area (Å²) in [6, 6.07) is 5.95. The smallest absolute Gasteiger partial charge is 0.238 e. The molecule has 0 radical (unpaired) electrons. The van der Waals surface area contributed by atoms with Gasteiger partial charge in [-0.1, -0.05) is 19.9 Å². The Morgan fingerprint density at radius 2 is 1.94 bits per heavy atom. The van der Waals surface area contributed by atoms with E-state index in [2.05, 4.69) is 24.1 Å². The fraction of sp³-hybridized carbons (Fsp3) is 0.500. The van der Waals surface area contributed by atoms with Gasteiger partial charge in [-0.25, -0.2) is 4.39 Å². The van der Waals surface area contributed by atoms with E-state index in [1.807, 2.05) is 0 Å². The van der Waals surface area contributed by atoms with Gasteiger partial charge in [0.05, 0.1) is 6.54 Å². The third-order valence-corrected chi connectivity index (χ3v) is 2.56. The second-order valence-corrected chi connectivity index (χ2v) is 4.33. The molecule has 0 saturated heterocycles. The van der Waals surface area contributed by atoms with Gasteiger partial charge in [0.1, 0.15) is 5.82 Å². The molecule has 0 aliphatic rings. The number of anilines is 1. The Labute approximate surface area is 108 Å². The molecule has 0 fully saturated rings. The van der Waals surface area contributed by atoms with E-state index in [0.717, 1.165) is 25.9 Å². The zero-order valence-electron chi connectivity index (χ0n) is 11.1. The molecule has 0 spiro atoms. The number of halogens is 1. The third-order valence-electron chi connectivity index (χ3n) is 2.56. The van der Waals surface area contributed by atoms with E-state index in [4.69, 9.17) is 0 Å². The molecule has 0 aliphatic heterocycles. The zero-order valence-corrected chi connectivity index (χ0v) is 11.1. The number of hydrogen-bond acceptors (Lipinski definition) is 2. The molecule has 0 saturated carbocycles. The topological polar surface area (TPSA) is 32.3 Å². The van der Waals surface area contributed by atoms with Crippen LogP contribution in [-0.2, 0) is 4.79 Å². The molecule has 0 aliphatic carbocycles. The summed E-state index contributed by atoms with van der Waals surface area (Å²) >= 11 is 0. The van der Waals surface area contributed by atoms with Crippen molar-refractivity contribution in [2.24, 2.45) is 0 Å². The molecule has 1 amide bonds. The molecular formula is C14H21FN2O. The minimum atomic E-state index is -0.341. The standard InChI is InChI=1S/C14H21FN2O/c1-3-8-17(9-4-2)11-14(18)16-13-7-5-6-12(15)10-13/h5-7,10H,3-4,8-9,11H2,1-2H3,(H,16,18). The molecule has 100 valence electrons. The fourth-order valence-electron chi connectivity index (χ4n) is 1.87. The van der Waals surface area contributed by atoms with E-state index in [1.54, 1.807) is 12.1 Å². The maximum Gasteiger partial charge on any atom is 0.238 e. The fourth-order valence-corrected chi connectivity index (χ4v) is 1.87. The average molecular weight is 252 g/mol. The van der Waals surface area contributed by atoms with Crippen molar-refractivity contribution in [2.45, 2.75) is 26.7 Å². The summed E-state index contributed by atoms with van der Waals surface area (Å²) in [5.41, 5.74) is 0.507. The number of benzene rings is 1. The van der Waals surface area contributed by atoms with E-state index in [1.165, 1.54) is 12.1 Å². The highest BCUT2D eigenvalue weighted by molar-refractivity contribution is 5.92. The largest absolute Gasteiger partial charge is 0.325 e. The Hall–Kier alpha value is -1.42. The maximum atomic E-state index is 13.0. The van der Waals surface area contributed by atoms with Crippen molar-refractivity contribution in [1.29, 1.82) is 0 Å². The van der Waals surface area contributed by atoms with E-state index < -0.39 is 0 Å². The highest BCUT2D eigenvalue weighted by Gasteiger charge is 2.09. The molecule has 0 aromatic heterocycles. The monoisotopic (exact) mass is 252 g/mol. The van der Waals surface area contributed by atoms with Gasteiger partial charge in [-0.2, -0.15) is 0 Å². The van der Waals surface area contributed by atoms with Crippen molar-refractivity contribution in [3.63, 3.8) is 0 Å². The van der Waals surface area contributed by atoms with Crippen LogP contribution in [0.4, 0.5) is 10.1 Å². The number of nitrogens with zero attached hydrogens (tertiary/aromatic N) is 1. The molecule has 0 heterocycles. The van der Waals surface area contributed by atoms with Gasteiger partial charge in [0.25, 0.3) is 0 Å². The number of carbonyl (C=O) groups is 1. The molecular weight excluding hydrogens is 231 g/mol. The summed E-state index contributed by atoms with van der Waals surface area (Å²) in [6.07, 6.45) is 2.04. The van der Waals surface area contributed by atoms with E-state index in [-0.39, 0.29) is 11.7 Å². The van der Waals surface area contributed by atoms with Crippen LogP contribution in [0.1, 0.15) is 26.7 Å². The molecule has 4 heteroatoms. The van der Waals surface area contributed by atoms with Crippen molar-refractivity contribution in [2.75, 3.05) is 25.0 Å². The Kier molecular flexibility index (Phi) is 6.36. The summed E-state index contributed by atoms with van der Waals surface area (Å²) in [4.78, 5) is 13.9. The van der Waals surface area contributed by atoms with Crippen LogP contribution in [0.25, 0.3) is 0 Å². The third kappa shape index (κ3) is 5.27. The van der Waals surface area contributed by atoms with Gasteiger partial charge < -0.3 is 5.32 Å². The molecule has 0 atom stereocenters. The van der Waals surface area contributed by atoms with Crippen molar-refractivity contribution in [3.8, 4) is 0 Å². The first-order valence-electron chi connectivity index (χ1n) is 6.43. The summed E-state index contributed by atoms with van der Waals surface area (Å²) in [7, 11) is 0. The van der Waals surface area contributed by atoms with Crippen LogP contribution in [0.2, 0.25) is 0 Å². The molecule has 1 aromatic carbocycles. The first kappa shape index (κ1) is 14.6. The van der Waals surface area contributed by atoms with Crippen LogP contribution in [0, 0.1) is 5.82 Å². The van der Waals surface area contributed by atoms with Gasteiger partial charge in [0, 0.05) is 5.69 Å². The minimum absolute atomic E-state index is 0.0949. The van der Waals surface area contributed by atoms with Crippen LogP contribution < -0.4 is 5.32 Å². The SMILES string of the molecule is CCCN(CCC)CC(=O)Nc1cccc(F)c1. The quantitative estimate of drug-likeness (QED) is 0.809. The van der Waals surface area contributed by atoms with Crippen LogP contribution in [0.3, 0.4) is 0 Å². The molecule has 18 heavy (non-hydrogen) atoms. The predicted octanol–water partition coefficient (Wildman–Crippen LogP) is 2.89. The van der Waals surface area contributed by atoms with Gasteiger partial charge in [0.2, 0.25) is 5.91 Å². The highest BCUT2D eigenvalue weighted by atomic mass is 19.1. The highest BCUT2D eigenvalue weighted by Crippen LogP contribution is 2.09. The lowest BCUT2D eigenvalue weighted by molar-refractivity contribution is -0.117. The van der Waals surface area contributed by atoms with Crippen LogP contribution in [0.15, 0.2) is 24.3 Å². The van der Waals surface area contributed by atoms with Crippen LogP contribution in [-0.4, -0.2) is 30.4 Å². The van der Waals surface area contributed by atoms with Crippen molar-refractivity contribution in [1.82, 2.24) is 4.90 Å². The summed E-state index contributed by atoms with van der Waals surface area (Å²) in [6.45, 7) is 6.35. The first-order chi connectivity index (χ1) is 8.65. The van der Waals surface area contributed by atoms with Crippen LogP contribution in [0.5, 0.6) is 0 Å². The molecule has 0 bridgehead atoms.